The Labute approximate surface area is 226 Å². The van der Waals surface area contributed by atoms with Crippen LogP contribution < -0.4 is 9.80 Å². The minimum atomic E-state index is -0.200. The SMILES string of the molecule is Fc1ccc(N2CCN(C(=S)[S-])CC2)cc1.Fc1ccc(N2CCN(C(=S)[S-])CC2)cc1.[Ni+2]. The van der Waals surface area contributed by atoms with E-state index in [2.05, 4.69) is 9.80 Å². The van der Waals surface area contributed by atoms with Crippen LogP contribution >= 0.6 is 24.4 Å². The molecule has 2 fully saturated rings. The minimum Gasteiger partial charge on any atom is -0.411 e. The maximum Gasteiger partial charge on any atom is 2.00 e. The summed E-state index contributed by atoms with van der Waals surface area (Å²) in [7, 11) is 0. The molecule has 0 saturated carbocycles. The largest absolute Gasteiger partial charge is 2.00 e. The van der Waals surface area contributed by atoms with Crippen molar-refractivity contribution in [2.75, 3.05) is 62.2 Å². The Bertz CT molecular complexity index is 826. The standard InChI is InChI=1S/2C11H13FN2S2.Ni/c2*12-9-1-3-10(4-2-9)13-5-7-14(8-6-13)11(15)16;/h2*1-4H,5-8H2,(H,15,16);/q;;+2/p-2. The summed E-state index contributed by atoms with van der Waals surface area (Å²) in [5, 5.41) is 0. The molecule has 0 aliphatic carbocycles. The van der Waals surface area contributed by atoms with Crippen molar-refractivity contribution in [3.05, 3.63) is 60.2 Å². The molecule has 0 unspecified atom stereocenters. The Balaban J connectivity index is 0.000000227. The first-order valence-corrected chi connectivity index (χ1v) is 11.9. The van der Waals surface area contributed by atoms with E-state index < -0.39 is 0 Å². The smallest absolute Gasteiger partial charge is 0.411 e. The van der Waals surface area contributed by atoms with Crippen LogP contribution in [0.1, 0.15) is 0 Å². The molecule has 4 rings (SSSR count). The number of hydrogen-bond donors (Lipinski definition) is 0. The summed E-state index contributed by atoms with van der Waals surface area (Å²) in [5.74, 6) is -0.400. The van der Waals surface area contributed by atoms with Gasteiger partial charge in [-0.25, -0.2) is 8.78 Å². The number of nitrogens with zero attached hydrogens (tertiary/aromatic N) is 4. The number of halogens is 2. The quantitative estimate of drug-likeness (QED) is 0.306. The second-order valence-corrected chi connectivity index (χ2v) is 9.50. The average Bonchev–Trinajstić information content (AvgIpc) is 2.81. The molecule has 0 aromatic heterocycles. The Kier molecular flexibility index (Phi) is 11.4. The maximum absolute atomic E-state index is 12.8. The van der Waals surface area contributed by atoms with Gasteiger partial charge in [0.2, 0.25) is 0 Å². The molecule has 0 radical (unpaired) electrons. The monoisotopic (exact) mass is 568 g/mol. The molecule has 180 valence electrons. The van der Waals surface area contributed by atoms with Crippen molar-refractivity contribution in [2.24, 2.45) is 0 Å². The number of piperazine rings is 2. The zero-order valence-electron chi connectivity index (χ0n) is 17.8. The van der Waals surface area contributed by atoms with E-state index in [-0.39, 0.29) is 28.1 Å². The fourth-order valence-corrected chi connectivity index (χ4v) is 4.33. The van der Waals surface area contributed by atoms with Crippen molar-refractivity contribution in [2.45, 2.75) is 0 Å². The molecule has 2 saturated heterocycles. The summed E-state index contributed by atoms with van der Waals surface area (Å²) in [5.41, 5.74) is 2.10. The van der Waals surface area contributed by atoms with Crippen molar-refractivity contribution < 1.29 is 25.3 Å². The van der Waals surface area contributed by atoms with Gasteiger partial charge in [-0.15, -0.1) is 0 Å². The molecular formula is C22H24F2N4NiS4. The van der Waals surface area contributed by atoms with Gasteiger partial charge >= 0.3 is 16.5 Å². The van der Waals surface area contributed by atoms with E-state index in [4.69, 9.17) is 49.7 Å². The van der Waals surface area contributed by atoms with E-state index in [1.807, 2.05) is 9.80 Å². The Morgan fingerprint density at radius 3 is 1.09 bits per heavy atom. The van der Waals surface area contributed by atoms with Crippen LogP contribution in [0.3, 0.4) is 0 Å². The predicted molar refractivity (Wildman–Crippen MR) is 140 cm³/mol. The van der Waals surface area contributed by atoms with E-state index >= 15 is 0 Å². The van der Waals surface area contributed by atoms with Crippen molar-refractivity contribution >= 4 is 69.7 Å². The second-order valence-electron chi connectivity index (χ2n) is 7.43. The van der Waals surface area contributed by atoms with Gasteiger partial charge in [-0.2, -0.15) is 0 Å². The molecule has 4 nitrogen and oxygen atoms in total. The van der Waals surface area contributed by atoms with Crippen LogP contribution in [0.2, 0.25) is 0 Å². The molecule has 11 heteroatoms. The third kappa shape index (κ3) is 8.40. The molecule has 2 aliphatic heterocycles. The van der Waals surface area contributed by atoms with Crippen LogP contribution in [0.25, 0.3) is 0 Å². The number of benzene rings is 2. The van der Waals surface area contributed by atoms with Gasteiger partial charge < -0.3 is 69.3 Å². The van der Waals surface area contributed by atoms with Gasteiger partial charge in [-0.05, 0) is 48.5 Å². The predicted octanol–water partition coefficient (Wildman–Crippen LogP) is 3.56. The van der Waals surface area contributed by atoms with Crippen LogP contribution in [-0.2, 0) is 41.7 Å². The zero-order valence-corrected chi connectivity index (χ0v) is 22.0. The molecular weight excluding hydrogens is 545 g/mol. The molecule has 0 amide bonds. The summed E-state index contributed by atoms with van der Waals surface area (Å²) < 4.78 is 26.6. The first kappa shape index (κ1) is 27.9. The van der Waals surface area contributed by atoms with Gasteiger partial charge in [0.1, 0.15) is 11.6 Å². The van der Waals surface area contributed by atoms with Gasteiger partial charge in [0.25, 0.3) is 0 Å². The van der Waals surface area contributed by atoms with Gasteiger partial charge in [0.05, 0.1) is 0 Å². The molecule has 2 aromatic rings. The fraction of sp³-hybridized carbons (Fsp3) is 0.364. The average molecular weight is 569 g/mol. The Morgan fingerprint density at radius 2 is 0.848 bits per heavy atom. The van der Waals surface area contributed by atoms with Crippen LogP contribution in [0.4, 0.5) is 20.2 Å². The third-order valence-corrected chi connectivity index (χ3v) is 6.49. The molecule has 2 aromatic carbocycles. The van der Waals surface area contributed by atoms with Crippen LogP contribution in [-0.4, -0.2) is 70.8 Å². The zero-order chi connectivity index (χ0) is 23.1. The minimum absolute atomic E-state index is 0. The Morgan fingerprint density at radius 1 is 0.576 bits per heavy atom. The van der Waals surface area contributed by atoms with E-state index in [0.29, 0.717) is 8.64 Å². The van der Waals surface area contributed by atoms with Crippen LogP contribution in [0.15, 0.2) is 48.5 Å². The van der Waals surface area contributed by atoms with Gasteiger partial charge in [-0.3, -0.25) is 0 Å². The van der Waals surface area contributed by atoms with Gasteiger partial charge in [0, 0.05) is 63.7 Å². The summed E-state index contributed by atoms with van der Waals surface area (Å²) in [6, 6.07) is 13.2. The summed E-state index contributed by atoms with van der Waals surface area (Å²) in [4.78, 5) is 8.46. The van der Waals surface area contributed by atoms with Gasteiger partial charge in [0.15, 0.2) is 0 Å². The number of anilines is 2. The normalized spacial score (nSPS) is 15.8. The Hall–Kier alpha value is -1.39. The summed E-state index contributed by atoms with van der Waals surface area (Å²) in [6.07, 6.45) is 0. The van der Waals surface area contributed by atoms with Crippen LogP contribution in [0.5, 0.6) is 0 Å². The second kappa shape index (κ2) is 13.5. The van der Waals surface area contributed by atoms with Crippen molar-refractivity contribution in [3.63, 3.8) is 0 Å². The topological polar surface area (TPSA) is 13.0 Å². The van der Waals surface area contributed by atoms with E-state index in [1.165, 1.54) is 24.3 Å². The fourth-order valence-electron chi connectivity index (χ4n) is 3.60. The molecule has 2 aliphatic rings. The molecule has 0 spiro atoms. The molecule has 0 N–H and O–H groups in total. The maximum atomic E-state index is 12.8. The summed E-state index contributed by atoms with van der Waals surface area (Å²) in [6.45, 7) is 6.90. The first-order valence-electron chi connectivity index (χ1n) is 10.3. The molecule has 2 heterocycles. The van der Waals surface area contributed by atoms with E-state index in [1.54, 1.807) is 24.3 Å². The first-order chi connectivity index (χ1) is 15.3. The van der Waals surface area contributed by atoms with Crippen molar-refractivity contribution in [1.29, 1.82) is 0 Å². The third-order valence-electron chi connectivity index (χ3n) is 5.46. The van der Waals surface area contributed by atoms with Crippen LogP contribution in [0, 0.1) is 11.6 Å². The van der Waals surface area contributed by atoms with Crippen molar-refractivity contribution in [3.8, 4) is 0 Å². The molecule has 0 atom stereocenters. The number of thiocarbonyl (C=S) groups is 2. The van der Waals surface area contributed by atoms with Crippen molar-refractivity contribution in [1.82, 2.24) is 9.80 Å². The molecule has 0 bridgehead atoms. The summed E-state index contributed by atoms with van der Waals surface area (Å²) >= 11 is 19.8. The van der Waals surface area contributed by atoms with E-state index in [0.717, 1.165) is 63.7 Å². The van der Waals surface area contributed by atoms with E-state index in [9.17, 15) is 8.78 Å². The molecule has 33 heavy (non-hydrogen) atoms. The number of hydrogen-bond acceptors (Lipinski definition) is 6. The number of rotatable bonds is 2. The van der Waals surface area contributed by atoms with Gasteiger partial charge in [-0.1, -0.05) is 8.64 Å².